The maximum absolute atomic E-state index is 12.6. The molecule has 26 heavy (non-hydrogen) atoms. The summed E-state index contributed by atoms with van der Waals surface area (Å²) < 4.78 is 0. The Hall–Kier alpha value is -2.21. The van der Waals surface area contributed by atoms with Gasteiger partial charge in [-0.1, -0.05) is 49.6 Å². The first-order chi connectivity index (χ1) is 12.7. The van der Waals surface area contributed by atoms with E-state index in [0.717, 1.165) is 24.1 Å². The number of rotatable bonds is 4. The molecule has 0 bridgehead atoms. The van der Waals surface area contributed by atoms with Crippen molar-refractivity contribution in [2.75, 3.05) is 11.9 Å². The summed E-state index contributed by atoms with van der Waals surface area (Å²) in [6, 6.07) is 10.2. The molecule has 1 saturated heterocycles. The zero-order chi connectivity index (χ0) is 17.9. The van der Waals surface area contributed by atoms with E-state index in [-0.39, 0.29) is 17.7 Å². The van der Waals surface area contributed by atoms with Crippen molar-refractivity contribution in [2.24, 2.45) is 5.92 Å². The van der Waals surface area contributed by atoms with E-state index in [1.54, 1.807) is 0 Å². The topological polar surface area (TPSA) is 62.3 Å². The Morgan fingerprint density at radius 1 is 1.15 bits per heavy atom. The molecule has 1 atom stereocenters. The molecule has 6 heteroatoms. The standard InChI is InChI=1S/C20H23N3O2S/c24-18-11-15(12-23(18)16-9-5-2-6-10-16)19(25)22-20-21-17(13-26-20)14-7-3-1-4-8-14/h1,3-4,7-8,13,15-16H,2,5-6,9-12H2,(H,21,22,25). The van der Waals surface area contributed by atoms with Crippen LogP contribution in [0.15, 0.2) is 35.7 Å². The molecule has 2 aliphatic rings. The first-order valence-electron chi connectivity index (χ1n) is 9.32. The van der Waals surface area contributed by atoms with Crippen LogP contribution in [0.5, 0.6) is 0 Å². The Bertz CT molecular complexity index is 783. The SMILES string of the molecule is O=C(Nc1nc(-c2ccccc2)cs1)C1CC(=O)N(C2CCCCC2)C1. The minimum atomic E-state index is -0.270. The Labute approximate surface area is 157 Å². The van der Waals surface area contributed by atoms with E-state index in [9.17, 15) is 9.59 Å². The third-order valence-electron chi connectivity index (χ3n) is 5.35. The smallest absolute Gasteiger partial charge is 0.231 e. The minimum Gasteiger partial charge on any atom is -0.339 e. The molecule has 1 unspecified atom stereocenters. The molecule has 1 N–H and O–H groups in total. The number of hydrogen-bond acceptors (Lipinski definition) is 4. The quantitative estimate of drug-likeness (QED) is 0.888. The lowest BCUT2D eigenvalue weighted by atomic mass is 9.94. The molecular formula is C20H23N3O2S. The summed E-state index contributed by atoms with van der Waals surface area (Å²) in [7, 11) is 0. The van der Waals surface area contributed by atoms with Crippen LogP contribution in [-0.4, -0.2) is 34.3 Å². The molecule has 1 aromatic carbocycles. The van der Waals surface area contributed by atoms with Crippen LogP contribution in [0.3, 0.4) is 0 Å². The van der Waals surface area contributed by atoms with Crippen molar-refractivity contribution in [1.82, 2.24) is 9.88 Å². The second kappa shape index (κ2) is 7.58. The van der Waals surface area contributed by atoms with Crippen molar-refractivity contribution < 1.29 is 9.59 Å². The van der Waals surface area contributed by atoms with Gasteiger partial charge in [-0.2, -0.15) is 0 Å². The summed E-state index contributed by atoms with van der Waals surface area (Å²) in [6.07, 6.45) is 6.11. The molecule has 136 valence electrons. The van der Waals surface area contributed by atoms with Crippen molar-refractivity contribution in [3.63, 3.8) is 0 Å². The van der Waals surface area contributed by atoms with E-state index in [1.807, 2.05) is 40.6 Å². The molecule has 1 aromatic heterocycles. The third-order valence-corrected chi connectivity index (χ3v) is 6.11. The molecule has 2 aromatic rings. The highest BCUT2D eigenvalue weighted by molar-refractivity contribution is 7.14. The van der Waals surface area contributed by atoms with Crippen LogP contribution in [0.1, 0.15) is 38.5 Å². The van der Waals surface area contributed by atoms with Crippen LogP contribution in [0.2, 0.25) is 0 Å². The van der Waals surface area contributed by atoms with Gasteiger partial charge in [-0.3, -0.25) is 9.59 Å². The normalized spacial score (nSPS) is 21.2. The lowest BCUT2D eigenvalue weighted by Crippen LogP contribution is -2.38. The number of hydrogen-bond donors (Lipinski definition) is 1. The fourth-order valence-corrected chi connectivity index (χ4v) is 4.66. The minimum absolute atomic E-state index is 0.0920. The van der Waals surface area contributed by atoms with E-state index < -0.39 is 0 Å². The van der Waals surface area contributed by atoms with Gasteiger partial charge in [-0.05, 0) is 12.8 Å². The van der Waals surface area contributed by atoms with Crippen LogP contribution >= 0.6 is 11.3 Å². The number of carbonyl (C=O) groups is 2. The number of benzene rings is 1. The predicted octanol–water partition coefficient (Wildman–Crippen LogP) is 3.93. The number of anilines is 1. The van der Waals surface area contributed by atoms with Crippen LogP contribution in [0.25, 0.3) is 11.3 Å². The summed E-state index contributed by atoms with van der Waals surface area (Å²) >= 11 is 1.42. The molecule has 2 amide bonds. The van der Waals surface area contributed by atoms with Crippen molar-refractivity contribution in [2.45, 2.75) is 44.6 Å². The fourth-order valence-electron chi connectivity index (χ4n) is 3.93. The number of likely N-dealkylation sites (tertiary alicyclic amines) is 1. The van der Waals surface area contributed by atoms with Crippen LogP contribution < -0.4 is 5.32 Å². The molecule has 1 saturated carbocycles. The second-order valence-electron chi connectivity index (χ2n) is 7.13. The highest BCUT2D eigenvalue weighted by Gasteiger charge is 2.38. The predicted molar refractivity (Wildman–Crippen MR) is 103 cm³/mol. The number of amides is 2. The zero-order valence-corrected chi connectivity index (χ0v) is 15.5. The Balaban J connectivity index is 1.38. The largest absolute Gasteiger partial charge is 0.339 e. The van der Waals surface area contributed by atoms with Gasteiger partial charge in [0.15, 0.2) is 5.13 Å². The van der Waals surface area contributed by atoms with Gasteiger partial charge in [-0.15, -0.1) is 11.3 Å². The molecular weight excluding hydrogens is 346 g/mol. The van der Waals surface area contributed by atoms with Gasteiger partial charge < -0.3 is 10.2 Å². The van der Waals surface area contributed by atoms with Gasteiger partial charge in [0.05, 0.1) is 11.6 Å². The monoisotopic (exact) mass is 369 g/mol. The van der Waals surface area contributed by atoms with Gasteiger partial charge >= 0.3 is 0 Å². The number of thiazole rings is 1. The molecule has 1 aliphatic heterocycles. The van der Waals surface area contributed by atoms with E-state index in [0.29, 0.717) is 24.1 Å². The summed E-state index contributed by atoms with van der Waals surface area (Å²) in [5.74, 6) is -0.236. The molecule has 0 spiro atoms. The van der Waals surface area contributed by atoms with E-state index in [2.05, 4.69) is 10.3 Å². The summed E-state index contributed by atoms with van der Waals surface area (Å²) in [5.41, 5.74) is 1.89. The first-order valence-corrected chi connectivity index (χ1v) is 10.2. The fraction of sp³-hybridized carbons (Fsp3) is 0.450. The third kappa shape index (κ3) is 3.65. The maximum atomic E-state index is 12.6. The maximum Gasteiger partial charge on any atom is 0.231 e. The van der Waals surface area contributed by atoms with Crippen molar-refractivity contribution in [3.8, 4) is 11.3 Å². The van der Waals surface area contributed by atoms with E-state index in [1.165, 1.54) is 30.6 Å². The second-order valence-corrected chi connectivity index (χ2v) is 7.99. The average Bonchev–Trinajstić information content (AvgIpc) is 3.30. The lowest BCUT2D eigenvalue weighted by Gasteiger charge is -2.31. The molecule has 5 nitrogen and oxygen atoms in total. The van der Waals surface area contributed by atoms with Gasteiger partial charge in [0, 0.05) is 30.0 Å². The van der Waals surface area contributed by atoms with E-state index in [4.69, 9.17) is 0 Å². The highest BCUT2D eigenvalue weighted by Crippen LogP contribution is 2.30. The van der Waals surface area contributed by atoms with Crippen molar-refractivity contribution >= 4 is 28.3 Å². The Kier molecular flexibility index (Phi) is 5.02. The van der Waals surface area contributed by atoms with Gasteiger partial charge in [0.1, 0.15) is 0 Å². The van der Waals surface area contributed by atoms with Crippen molar-refractivity contribution in [3.05, 3.63) is 35.7 Å². The first kappa shape index (κ1) is 17.2. The Morgan fingerprint density at radius 3 is 2.69 bits per heavy atom. The molecule has 4 rings (SSSR count). The Morgan fingerprint density at radius 2 is 1.92 bits per heavy atom. The molecule has 2 fully saturated rings. The zero-order valence-electron chi connectivity index (χ0n) is 14.7. The van der Waals surface area contributed by atoms with Crippen LogP contribution in [0.4, 0.5) is 5.13 Å². The number of aromatic nitrogens is 1. The molecule has 1 aliphatic carbocycles. The number of carbonyl (C=O) groups excluding carboxylic acids is 2. The summed E-state index contributed by atoms with van der Waals surface area (Å²) in [4.78, 5) is 31.4. The number of nitrogens with zero attached hydrogens (tertiary/aromatic N) is 2. The molecule has 2 heterocycles. The van der Waals surface area contributed by atoms with E-state index >= 15 is 0 Å². The van der Waals surface area contributed by atoms with Crippen LogP contribution in [0, 0.1) is 5.92 Å². The highest BCUT2D eigenvalue weighted by atomic mass is 32.1. The summed E-state index contributed by atoms with van der Waals surface area (Å²) in [5, 5.41) is 5.45. The van der Waals surface area contributed by atoms with Gasteiger partial charge in [0.25, 0.3) is 0 Å². The van der Waals surface area contributed by atoms with Gasteiger partial charge in [0.2, 0.25) is 11.8 Å². The van der Waals surface area contributed by atoms with Crippen molar-refractivity contribution in [1.29, 1.82) is 0 Å². The molecule has 0 radical (unpaired) electrons. The number of nitrogens with one attached hydrogen (secondary N) is 1. The van der Waals surface area contributed by atoms with Gasteiger partial charge in [-0.25, -0.2) is 4.98 Å². The van der Waals surface area contributed by atoms with Crippen LogP contribution in [-0.2, 0) is 9.59 Å². The average molecular weight is 369 g/mol. The summed E-state index contributed by atoms with van der Waals surface area (Å²) in [6.45, 7) is 0.548. The lowest BCUT2D eigenvalue weighted by molar-refractivity contribution is -0.130.